The van der Waals surface area contributed by atoms with E-state index in [1.165, 1.54) is 0 Å². The van der Waals surface area contributed by atoms with Gasteiger partial charge in [0.1, 0.15) is 0 Å². The van der Waals surface area contributed by atoms with Crippen molar-refractivity contribution in [1.82, 2.24) is 10.3 Å². The van der Waals surface area contributed by atoms with Crippen molar-refractivity contribution in [2.24, 2.45) is 5.73 Å². The normalized spacial score (nSPS) is 13.3. The van der Waals surface area contributed by atoms with Gasteiger partial charge in [0.05, 0.1) is 12.1 Å². The molecule has 0 bridgehead atoms. The van der Waals surface area contributed by atoms with E-state index in [4.69, 9.17) is 5.73 Å². The van der Waals surface area contributed by atoms with Gasteiger partial charge < -0.3 is 16.0 Å². The maximum atomic E-state index is 12.3. The molecule has 127 valence electrons. The molecule has 1 amide bonds. The van der Waals surface area contributed by atoms with Crippen molar-refractivity contribution in [3.05, 3.63) is 71.9 Å². The second kappa shape index (κ2) is 7.77. The number of para-hydroxylation sites is 1. The summed E-state index contributed by atoms with van der Waals surface area (Å²) in [6.07, 6.45) is 4.54. The Bertz CT molecular complexity index is 858. The number of aromatic nitrogens is 1. The minimum atomic E-state index is -0.731. The topological polar surface area (TPSA) is 88.0 Å². The van der Waals surface area contributed by atoms with Gasteiger partial charge in [-0.2, -0.15) is 0 Å². The van der Waals surface area contributed by atoms with E-state index >= 15 is 0 Å². The smallest absolute Gasteiger partial charge is 0.237 e. The van der Waals surface area contributed by atoms with Gasteiger partial charge in [-0.15, -0.1) is 0 Å². The van der Waals surface area contributed by atoms with Crippen LogP contribution in [0.25, 0.3) is 10.9 Å². The molecule has 5 heteroatoms. The molecule has 0 unspecified atom stereocenters. The number of rotatable bonds is 7. The van der Waals surface area contributed by atoms with E-state index in [1.807, 2.05) is 67.1 Å². The van der Waals surface area contributed by atoms with Crippen LogP contribution in [0.4, 0.5) is 0 Å². The molecule has 1 radical (unpaired) electrons. The summed E-state index contributed by atoms with van der Waals surface area (Å²) in [6.45, 7) is 0. The fraction of sp³-hybridized carbons (Fsp3) is 0.200. The zero-order chi connectivity index (χ0) is 17.6. The second-order valence-electron chi connectivity index (χ2n) is 6.04. The molecule has 4 N–H and O–H groups in total. The lowest BCUT2D eigenvalue weighted by Crippen LogP contribution is -2.47. The van der Waals surface area contributed by atoms with Crippen molar-refractivity contribution in [2.45, 2.75) is 24.9 Å². The van der Waals surface area contributed by atoms with Crippen LogP contribution in [0.15, 0.2) is 60.8 Å². The summed E-state index contributed by atoms with van der Waals surface area (Å²) in [4.78, 5) is 26.7. The van der Waals surface area contributed by atoms with Gasteiger partial charge in [0.15, 0.2) is 0 Å². The highest BCUT2D eigenvalue weighted by Gasteiger charge is 2.20. The zero-order valence-corrected chi connectivity index (χ0v) is 13.7. The Kier molecular flexibility index (Phi) is 5.26. The highest BCUT2D eigenvalue weighted by Crippen LogP contribution is 2.18. The van der Waals surface area contributed by atoms with Crippen LogP contribution in [0.1, 0.15) is 11.1 Å². The van der Waals surface area contributed by atoms with Crippen molar-refractivity contribution in [3.63, 3.8) is 0 Å². The Morgan fingerprint density at radius 2 is 1.80 bits per heavy atom. The van der Waals surface area contributed by atoms with Crippen LogP contribution in [-0.2, 0) is 22.4 Å². The van der Waals surface area contributed by atoms with E-state index in [2.05, 4.69) is 10.3 Å². The van der Waals surface area contributed by atoms with E-state index in [9.17, 15) is 9.59 Å². The first kappa shape index (κ1) is 16.9. The van der Waals surface area contributed by atoms with E-state index in [1.54, 1.807) is 0 Å². The molecule has 5 nitrogen and oxygen atoms in total. The summed E-state index contributed by atoms with van der Waals surface area (Å²) in [5.41, 5.74) is 8.99. The van der Waals surface area contributed by atoms with Crippen LogP contribution in [0.3, 0.4) is 0 Å². The van der Waals surface area contributed by atoms with Gasteiger partial charge in [-0.25, -0.2) is 0 Å². The number of amides is 1. The highest BCUT2D eigenvalue weighted by molar-refractivity contribution is 5.87. The molecule has 3 aromatic rings. The van der Waals surface area contributed by atoms with Gasteiger partial charge >= 0.3 is 0 Å². The Balaban J connectivity index is 1.62. The fourth-order valence-electron chi connectivity index (χ4n) is 2.88. The molecule has 25 heavy (non-hydrogen) atoms. The number of benzene rings is 2. The van der Waals surface area contributed by atoms with Crippen LogP contribution in [0.5, 0.6) is 0 Å². The summed E-state index contributed by atoms with van der Waals surface area (Å²) in [5, 5.41) is 3.73. The first-order valence-electron chi connectivity index (χ1n) is 8.20. The molecule has 3 rings (SSSR count). The number of carbonyl (C=O) groups excluding carboxylic acids is 2. The Labute approximate surface area is 146 Å². The summed E-state index contributed by atoms with van der Waals surface area (Å²) < 4.78 is 0. The van der Waals surface area contributed by atoms with E-state index in [0.717, 1.165) is 22.0 Å². The summed E-state index contributed by atoms with van der Waals surface area (Å²) in [5.74, 6) is -0.352. The monoisotopic (exact) mass is 334 g/mol. The number of fused-ring (bicyclic) bond motifs is 1. The van der Waals surface area contributed by atoms with Gasteiger partial charge in [0.2, 0.25) is 12.2 Å². The summed E-state index contributed by atoms with van der Waals surface area (Å²) in [6, 6.07) is 15.9. The van der Waals surface area contributed by atoms with Gasteiger partial charge in [-0.3, -0.25) is 9.59 Å². The van der Waals surface area contributed by atoms with Crippen molar-refractivity contribution >= 4 is 23.1 Å². The molecule has 0 fully saturated rings. The lowest BCUT2D eigenvalue weighted by atomic mass is 10.0. The first-order valence-corrected chi connectivity index (χ1v) is 8.20. The molecule has 1 aromatic heterocycles. The number of H-pyrrole nitrogens is 1. The molecule has 1 heterocycles. The third-order valence-electron chi connectivity index (χ3n) is 4.19. The molecule has 0 saturated heterocycles. The van der Waals surface area contributed by atoms with Crippen molar-refractivity contribution < 1.29 is 9.59 Å². The fourth-order valence-corrected chi connectivity index (χ4v) is 2.88. The number of hydrogen-bond donors (Lipinski definition) is 3. The minimum Gasteiger partial charge on any atom is -0.361 e. The largest absolute Gasteiger partial charge is 0.361 e. The number of hydrogen-bond acceptors (Lipinski definition) is 3. The quantitative estimate of drug-likeness (QED) is 0.616. The van der Waals surface area contributed by atoms with Crippen LogP contribution in [0.2, 0.25) is 0 Å². The Morgan fingerprint density at radius 1 is 1.08 bits per heavy atom. The minimum absolute atomic E-state index is 0.352. The van der Waals surface area contributed by atoms with Crippen LogP contribution in [-0.4, -0.2) is 29.3 Å². The van der Waals surface area contributed by atoms with E-state index in [0.29, 0.717) is 12.8 Å². The molecule has 2 aromatic carbocycles. The Morgan fingerprint density at radius 3 is 2.56 bits per heavy atom. The van der Waals surface area contributed by atoms with Crippen molar-refractivity contribution in [3.8, 4) is 0 Å². The van der Waals surface area contributed by atoms with Crippen LogP contribution in [0, 0.1) is 0 Å². The predicted octanol–water partition coefficient (Wildman–Crippen LogP) is 1.87. The van der Waals surface area contributed by atoms with Gasteiger partial charge in [0, 0.05) is 23.5 Å². The third-order valence-corrected chi connectivity index (χ3v) is 4.19. The third kappa shape index (κ3) is 4.14. The van der Waals surface area contributed by atoms with Crippen LogP contribution < -0.4 is 11.1 Å². The molecule has 0 aliphatic carbocycles. The number of nitrogens with two attached hydrogens (primary N) is 1. The zero-order valence-electron chi connectivity index (χ0n) is 13.7. The van der Waals surface area contributed by atoms with Gasteiger partial charge in [0.25, 0.3) is 0 Å². The maximum Gasteiger partial charge on any atom is 0.237 e. The van der Waals surface area contributed by atoms with Gasteiger partial charge in [-0.05, 0) is 23.6 Å². The highest BCUT2D eigenvalue weighted by atomic mass is 16.2. The maximum absolute atomic E-state index is 12.3. The molecule has 0 aliphatic heterocycles. The van der Waals surface area contributed by atoms with Crippen molar-refractivity contribution in [1.29, 1.82) is 0 Å². The lowest BCUT2D eigenvalue weighted by Gasteiger charge is -2.16. The van der Waals surface area contributed by atoms with Crippen molar-refractivity contribution in [2.75, 3.05) is 0 Å². The molecule has 0 aliphatic rings. The molecule has 0 saturated carbocycles. The molecule has 2 atom stereocenters. The van der Waals surface area contributed by atoms with E-state index in [-0.39, 0.29) is 5.91 Å². The number of nitrogens with one attached hydrogen (secondary N) is 2. The van der Waals surface area contributed by atoms with Crippen LogP contribution >= 0.6 is 0 Å². The summed E-state index contributed by atoms with van der Waals surface area (Å²) >= 11 is 0. The Hall–Kier alpha value is -2.92. The lowest BCUT2D eigenvalue weighted by molar-refractivity contribution is -0.122. The first-order chi connectivity index (χ1) is 12.2. The standard InChI is InChI=1S/C20H20N3O2/c21-18(11-15-12-22-19-9-5-4-8-17(15)19)20(25)23-16(13-24)10-14-6-2-1-3-7-14/h1-9,12,16,18,22H,10-11,21H2,(H,23,25)/t16-,18+/m1/s1. The van der Waals surface area contributed by atoms with E-state index < -0.39 is 12.1 Å². The molecule has 0 spiro atoms. The predicted molar refractivity (Wildman–Crippen MR) is 97.7 cm³/mol. The average Bonchev–Trinajstić information content (AvgIpc) is 3.05. The average molecular weight is 334 g/mol. The molecular formula is C20H20N3O2. The SMILES string of the molecule is N[C@@H](Cc1c[nH]c2ccccc12)C(=O)N[C@@H]([C]=O)Cc1ccccc1. The second-order valence-corrected chi connectivity index (χ2v) is 6.04. The molecular weight excluding hydrogens is 314 g/mol. The summed E-state index contributed by atoms with van der Waals surface area (Å²) in [7, 11) is 0. The van der Waals surface area contributed by atoms with Gasteiger partial charge in [-0.1, -0.05) is 48.5 Å². The number of carbonyl (C=O) groups is 1. The number of aromatic amines is 1.